The molecule has 1 aromatic heterocycles. The molecule has 1 aliphatic carbocycles. The minimum Gasteiger partial charge on any atom is -0.494 e. The van der Waals surface area contributed by atoms with Crippen LogP contribution in [0.5, 0.6) is 5.75 Å². The number of benzene rings is 1. The van der Waals surface area contributed by atoms with Gasteiger partial charge in [0.15, 0.2) is 6.61 Å². The van der Waals surface area contributed by atoms with Crippen molar-refractivity contribution < 1.29 is 23.9 Å². The van der Waals surface area contributed by atoms with Gasteiger partial charge in [-0.1, -0.05) is 5.16 Å². The number of aryl methyl sites for hydroxylation is 1. The molecule has 1 amide bonds. The molecule has 0 fully saturated rings. The zero-order valence-electron chi connectivity index (χ0n) is 16.5. The van der Waals surface area contributed by atoms with E-state index in [4.69, 9.17) is 14.3 Å². The van der Waals surface area contributed by atoms with Crippen molar-refractivity contribution in [3.63, 3.8) is 0 Å². The Balaban J connectivity index is 1.55. The van der Waals surface area contributed by atoms with E-state index in [1.54, 1.807) is 6.92 Å². The van der Waals surface area contributed by atoms with Crippen LogP contribution in [0.3, 0.4) is 0 Å². The van der Waals surface area contributed by atoms with Crippen LogP contribution in [-0.2, 0) is 27.2 Å². The van der Waals surface area contributed by atoms with Crippen LogP contribution in [0.1, 0.15) is 46.6 Å². The lowest BCUT2D eigenvalue weighted by atomic mass is 10.1. The summed E-state index contributed by atoms with van der Waals surface area (Å²) < 4.78 is 10.5. The number of amides is 1. The molecule has 3 rings (SSSR count). The van der Waals surface area contributed by atoms with Crippen molar-refractivity contribution in [2.75, 3.05) is 25.1 Å². The molecule has 1 N–H and O–H groups in total. The van der Waals surface area contributed by atoms with Gasteiger partial charge in [-0.2, -0.15) is 0 Å². The van der Waals surface area contributed by atoms with Crippen LogP contribution in [0.2, 0.25) is 0 Å². The predicted molar refractivity (Wildman–Crippen MR) is 112 cm³/mol. The summed E-state index contributed by atoms with van der Waals surface area (Å²) in [7, 11) is 0. The number of ether oxygens (including phenoxy) is 2. The van der Waals surface area contributed by atoms with Gasteiger partial charge in [-0.05, 0) is 68.5 Å². The van der Waals surface area contributed by atoms with Gasteiger partial charge in [-0.25, -0.2) is 4.79 Å². The number of nitrogens with one attached hydrogen (secondary N) is 1. The first-order valence-corrected chi connectivity index (χ1v) is 10.4. The van der Waals surface area contributed by atoms with Crippen molar-refractivity contribution in [1.82, 2.24) is 0 Å². The van der Waals surface area contributed by atoms with Gasteiger partial charge in [0, 0.05) is 4.88 Å². The van der Waals surface area contributed by atoms with Gasteiger partial charge in [0.1, 0.15) is 10.8 Å². The van der Waals surface area contributed by atoms with Crippen LogP contribution in [0.15, 0.2) is 29.4 Å². The van der Waals surface area contributed by atoms with E-state index in [0.717, 1.165) is 41.0 Å². The van der Waals surface area contributed by atoms with Crippen LogP contribution in [0.25, 0.3) is 0 Å². The third-order valence-corrected chi connectivity index (χ3v) is 5.52. The molecule has 29 heavy (non-hydrogen) atoms. The molecule has 2 aromatic rings. The number of thiophene rings is 1. The van der Waals surface area contributed by atoms with Gasteiger partial charge in [-0.15, -0.1) is 11.3 Å². The Hall–Kier alpha value is -2.87. The van der Waals surface area contributed by atoms with Crippen LogP contribution in [0, 0.1) is 0 Å². The predicted octanol–water partition coefficient (Wildman–Crippen LogP) is 3.80. The summed E-state index contributed by atoms with van der Waals surface area (Å²) in [6, 6.07) is 7.36. The number of hydrogen-bond acceptors (Lipinski definition) is 7. The Labute approximate surface area is 173 Å². The summed E-state index contributed by atoms with van der Waals surface area (Å²) in [5.74, 6) is 0.0150. The zero-order chi connectivity index (χ0) is 20.6. The quantitative estimate of drug-likeness (QED) is 0.382. The summed E-state index contributed by atoms with van der Waals surface area (Å²) in [5.41, 5.74) is 2.31. The second-order valence-corrected chi connectivity index (χ2v) is 7.45. The van der Waals surface area contributed by atoms with Crippen molar-refractivity contribution in [3.05, 3.63) is 45.8 Å². The minimum atomic E-state index is -0.392. The summed E-state index contributed by atoms with van der Waals surface area (Å²) in [4.78, 5) is 30.8. The average molecular weight is 416 g/mol. The molecule has 154 valence electrons. The van der Waals surface area contributed by atoms with E-state index in [1.165, 1.54) is 17.6 Å². The fraction of sp³-hybridized carbons (Fsp3) is 0.381. The molecule has 0 unspecified atom stereocenters. The van der Waals surface area contributed by atoms with Gasteiger partial charge in [-0.3, -0.25) is 4.79 Å². The van der Waals surface area contributed by atoms with Crippen molar-refractivity contribution in [3.8, 4) is 5.75 Å². The zero-order valence-corrected chi connectivity index (χ0v) is 17.3. The van der Waals surface area contributed by atoms with Crippen LogP contribution in [0.4, 0.5) is 5.00 Å². The third kappa shape index (κ3) is 5.35. The van der Waals surface area contributed by atoms with E-state index in [1.807, 2.05) is 31.2 Å². The van der Waals surface area contributed by atoms with E-state index < -0.39 is 5.97 Å². The summed E-state index contributed by atoms with van der Waals surface area (Å²) in [6.07, 6.45) is 4.29. The summed E-state index contributed by atoms with van der Waals surface area (Å²) in [5, 5.41) is 7.11. The van der Waals surface area contributed by atoms with Crippen molar-refractivity contribution in [2.45, 2.75) is 33.1 Å². The number of fused-ring (bicyclic) bond motifs is 1. The monoisotopic (exact) mass is 416 g/mol. The highest BCUT2D eigenvalue weighted by Gasteiger charge is 2.28. The molecule has 1 aliphatic rings. The van der Waals surface area contributed by atoms with Crippen molar-refractivity contribution in [2.24, 2.45) is 5.16 Å². The fourth-order valence-electron chi connectivity index (χ4n) is 3.09. The molecular formula is C21H24N2O5S. The largest absolute Gasteiger partial charge is 0.494 e. The smallest absolute Gasteiger partial charge is 0.341 e. The van der Waals surface area contributed by atoms with Gasteiger partial charge >= 0.3 is 5.97 Å². The molecule has 0 aliphatic heterocycles. The SMILES string of the molecule is CCOC(=O)c1c(NC(=O)CO/N=C\c2ccc(OCC)cc2)sc2c1CCC2. The number of nitrogens with zero attached hydrogens (tertiary/aromatic N) is 1. The highest BCUT2D eigenvalue weighted by atomic mass is 32.1. The van der Waals surface area contributed by atoms with E-state index >= 15 is 0 Å². The Bertz CT molecular complexity index is 889. The van der Waals surface area contributed by atoms with E-state index in [-0.39, 0.29) is 12.5 Å². The summed E-state index contributed by atoms with van der Waals surface area (Å²) in [6.45, 7) is 4.34. The number of oxime groups is 1. The van der Waals surface area contributed by atoms with Gasteiger partial charge < -0.3 is 19.6 Å². The summed E-state index contributed by atoms with van der Waals surface area (Å²) >= 11 is 1.43. The van der Waals surface area contributed by atoms with E-state index in [0.29, 0.717) is 23.8 Å². The molecule has 8 heteroatoms. The maximum atomic E-state index is 12.3. The number of anilines is 1. The third-order valence-electron chi connectivity index (χ3n) is 4.32. The molecule has 0 atom stereocenters. The van der Waals surface area contributed by atoms with E-state index in [2.05, 4.69) is 10.5 Å². The molecule has 0 radical (unpaired) electrons. The maximum absolute atomic E-state index is 12.3. The first-order chi connectivity index (χ1) is 14.1. The highest BCUT2D eigenvalue weighted by molar-refractivity contribution is 7.17. The number of hydrogen-bond donors (Lipinski definition) is 1. The second-order valence-electron chi connectivity index (χ2n) is 6.34. The maximum Gasteiger partial charge on any atom is 0.341 e. The van der Waals surface area contributed by atoms with Crippen molar-refractivity contribution >= 4 is 34.4 Å². The molecule has 1 heterocycles. The number of esters is 1. The number of carbonyl (C=O) groups excluding carboxylic acids is 2. The topological polar surface area (TPSA) is 86.2 Å². The standard InChI is InChI=1S/C21H24N2O5S/c1-3-26-15-10-8-14(9-11-15)12-22-28-13-18(24)23-20-19(21(25)27-4-2)16-6-5-7-17(16)29-20/h8-12H,3-7,13H2,1-2H3,(H,23,24)/b22-12-. The Morgan fingerprint density at radius 3 is 2.69 bits per heavy atom. The van der Waals surface area contributed by atoms with Gasteiger partial charge in [0.25, 0.3) is 5.91 Å². The normalized spacial score (nSPS) is 12.6. The lowest BCUT2D eigenvalue weighted by Gasteiger charge is -2.07. The van der Waals surface area contributed by atoms with Gasteiger partial charge in [0.05, 0.1) is 25.0 Å². The molecule has 7 nitrogen and oxygen atoms in total. The fourth-order valence-corrected chi connectivity index (χ4v) is 4.38. The van der Waals surface area contributed by atoms with E-state index in [9.17, 15) is 9.59 Å². The van der Waals surface area contributed by atoms with Crippen molar-refractivity contribution in [1.29, 1.82) is 0 Å². The molecule has 0 spiro atoms. The molecule has 0 saturated heterocycles. The lowest BCUT2D eigenvalue weighted by molar-refractivity contribution is -0.120. The first-order valence-electron chi connectivity index (χ1n) is 9.62. The molecule has 1 aromatic carbocycles. The van der Waals surface area contributed by atoms with Crippen LogP contribution < -0.4 is 10.1 Å². The Morgan fingerprint density at radius 1 is 1.17 bits per heavy atom. The van der Waals surface area contributed by atoms with Gasteiger partial charge in [0.2, 0.25) is 0 Å². The average Bonchev–Trinajstić information content (AvgIpc) is 3.27. The second kappa shape index (κ2) is 10.1. The Morgan fingerprint density at radius 2 is 1.97 bits per heavy atom. The first kappa shape index (κ1) is 20.9. The highest BCUT2D eigenvalue weighted by Crippen LogP contribution is 2.39. The number of rotatable bonds is 9. The van der Waals surface area contributed by atoms with Crippen LogP contribution in [-0.4, -0.2) is 37.9 Å². The molecular weight excluding hydrogens is 392 g/mol. The van der Waals surface area contributed by atoms with Crippen LogP contribution >= 0.6 is 11.3 Å². The molecule has 0 bridgehead atoms. The molecule has 0 saturated carbocycles. The number of carbonyl (C=O) groups is 2. The Kier molecular flexibility index (Phi) is 7.24. The minimum absolute atomic E-state index is 0.252. The lowest BCUT2D eigenvalue weighted by Crippen LogP contribution is -2.18.